The zero-order chi connectivity index (χ0) is 42.1. The summed E-state index contributed by atoms with van der Waals surface area (Å²) < 4.78 is 0. The Kier molecular flexibility index (Phi) is 8.52. The molecule has 0 amide bonds. The van der Waals surface area contributed by atoms with E-state index in [0.29, 0.717) is 17.5 Å². The molecule has 0 atom stereocenters. The fourth-order valence-corrected chi connectivity index (χ4v) is 10.2. The second-order valence-electron chi connectivity index (χ2n) is 17.1. The molecule has 1 aliphatic rings. The summed E-state index contributed by atoms with van der Waals surface area (Å²) in [5.41, 5.74) is 14.7. The Morgan fingerprint density at radius 1 is 0.302 bits per heavy atom. The van der Waals surface area contributed by atoms with Gasteiger partial charge in [-0.05, 0) is 94.0 Å². The molecule has 63 heavy (non-hydrogen) atoms. The van der Waals surface area contributed by atoms with Gasteiger partial charge < -0.3 is 0 Å². The monoisotopic (exact) mass is 803 g/mol. The Balaban J connectivity index is 1.05. The van der Waals surface area contributed by atoms with Gasteiger partial charge in [-0.3, -0.25) is 0 Å². The van der Waals surface area contributed by atoms with E-state index in [0.717, 1.165) is 38.9 Å². The van der Waals surface area contributed by atoms with Gasteiger partial charge in [0.25, 0.3) is 0 Å². The van der Waals surface area contributed by atoms with Gasteiger partial charge in [-0.2, -0.15) is 0 Å². The molecule has 1 aliphatic carbocycles. The molecule has 1 heterocycles. The molecule has 11 aromatic rings. The van der Waals surface area contributed by atoms with E-state index in [1.165, 1.54) is 65.7 Å². The lowest BCUT2D eigenvalue weighted by Gasteiger charge is -2.25. The molecule has 0 bridgehead atoms. The maximum atomic E-state index is 5.38. The van der Waals surface area contributed by atoms with Crippen LogP contribution in [0.2, 0.25) is 0 Å². The second-order valence-corrected chi connectivity index (χ2v) is 17.1. The smallest absolute Gasteiger partial charge is 0.164 e. The summed E-state index contributed by atoms with van der Waals surface area (Å²) >= 11 is 0. The highest BCUT2D eigenvalue weighted by molar-refractivity contribution is 6.20. The lowest BCUT2D eigenvalue weighted by atomic mass is 9.78. The summed E-state index contributed by atoms with van der Waals surface area (Å²) in [7, 11) is 0. The third kappa shape index (κ3) is 6.00. The number of hydrogen-bond donors (Lipinski definition) is 0. The van der Waals surface area contributed by atoms with Gasteiger partial charge in [0.2, 0.25) is 0 Å². The fraction of sp³-hybridized carbons (Fsp3) is 0.0500. The van der Waals surface area contributed by atoms with Crippen molar-refractivity contribution in [2.45, 2.75) is 19.3 Å². The Bertz CT molecular complexity index is 3590. The number of nitrogens with zero attached hydrogens (tertiary/aromatic N) is 3. The average Bonchev–Trinajstić information content (AvgIpc) is 3.59. The largest absolute Gasteiger partial charge is 0.208 e. The third-order valence-electron chi connectivity index (χ3n) is 13.1. The lowest BCUT2D eigenvalue weighted by molar-refractivity contribution is 0.662. The highest BCUT2D eigenvalue weighted by atomic mass is 15.0. The summed E-state index contributed by atoms with van der Waals surface area (Å²) in [6.07, 6.45) is 0. The molecule has 0 radical (unpaired) electrons. The van der Waals surface area contributed by atoms with Crippen molar-refractivity contribution in [3.8, 4) is 78.7 Å². The predicted molar refractivity (Wildman–Crippen MR) is 263 cm³/mol. The predicted octanol–water partition coefficient (Wildman–Crippen LogP) is 15.6. The molecular formula is C60H41N3. The van der Waals surface area contributed by atoms with Gasteiger partial charge in [0.15, 0.2) is 17.5 Å². The van der Waals surface area contributed by atoms with Gasteiger partial charge in [-0.25, -0.2) is 15.0 Å². The first kappa shape index (κ1) is 36.8. The normalized spacial score (nSPS) is 12.7. The molecule has 10 aromatic carbocycles. The number of benzene rings is 10. The highest BCUT2D eigenvalue weighted by Gasteiger charge is 2.37. The molecular weight excluding hydrogens is 763 g/mol. The van der Waals surface area contributed by atoms with Crippen molar-refractivity contribution in [1.82, 2.24) is 15.0 Å². The van der Waals surface area contributed by atoms with Crippen LogP contribution in [0.3, 0.4) is 0 Å². The highest BCUT2D eigenvalue weighted by Crippen LogP contribution is 2.53. The van der Waals surface area contributed by atoms with Gasteiger partial charge in [-0.15, -0.1) is 0 Å². The standard InChI is InChI=1S/C60H41N3/c1-60(2)54-30-15-14-25-47(54)50-29-16-28-49(56(50)60)46-24-11-13-27-52(46)59-62-57(61-58(63-59)51-26-12-10-21-43(51)38-17-4-3-5-18-38)41-33-31-40(32-34-41)55-45-23-9-7-20-42(45)37-53-44-22-8-6-19-39(44)35-36-48(53)55/h3-37H,1-2H3. The average molecular weight is 804 g/mol. The van der Waals surface area contributed by atoms with E-state index >= 15 is 0 Å². The minimum absolute atomic E-state index is 0.191. The van der Waals surface area contributed by atoms with Crippen molar-refractivity contribution in [3.63, 3.8) is 0 Å². The van der Waals surface area contributed by atoms with Gasteiger partial charge in [0.05, 0.1) is 0 Å². The molecule has 0 aliphatic heterocycles. The van der Waals surface area contributed by atoms with Crippen LogP contribution >= 0.6 is 0 Å². The zero-order valence-electron chi connectivity index (χ0n) is 35.0. The summed E-state index contributed by atoms with van der Waals surface area (Å²) in [6.45, 7) is 4.69. The Hall–Kier alpha value is -8.01. The van der Waals surface area contributed by atoms with Gasteiger partial charge in [0, 0.05) is 22.1 Å². The van der Waals surface area contributed by atoms with E-state index in [1.54, 1.807) is 0 Å². The van der Waals surface area contributed by atoms with E-state index in [4.69, 9.17) is 15.0 Å². The summed E-state index contributed by atoms with van der Waals surface area (Å²) in [6, 6.07) is 76.1. The van der Waals surface area contributed by atoms with Crippen LogP contribution in [0.1, 0.15) is 25.0 Å². The summed E-state index contributed by atoms with van der Waals surface area (Å²) in [5, 5.41) is 7.43. The van der Waals surface area contributed by atoms with Crippen molar-refractivity contribution < 1.29 is 0 Å². The summed E-state index contributed by atoms with van der Waals surface area (Å²) in [5.74, 6) is 1.89. The van der Waals surface area contributed by atoms with Crippen LogP contribution in [0.25, 0.3) is 111 Å². The molecule has 0 fully saturated rings. The topological polar surface area (TPSA) is 38.7 Å². The number of rotatable bonds is 6. The Labute approximate surface area is 367 Å². The number of hydrogen-bond acceptors (Lipinski definition) is 3. The first-order valence-corrected chi connectivity index (χ1v) is 21.7. The summed E-state index contributed by atoms with van der Waals surface area (Å²) in [4.78, 5) is 16.1. The molecule has 3 nitrogen and oxygen atoms in total. The molecule has 0 saturated heterocycles. The molecule has 0 unspecified atom stereocenters. The Morgan fingerprint density at radius 2 is 0.825 bits per heavy atom. The van der Waals surface area contributed by atoms with E-state index < -0.39 is 0 Å². The molecule has 296 valence electrons. The maximum absolute atomic E-state index is 5.38. The number of aromatic nitrogens is 3. The molecule has 0 N–H and O–H groups in total. The zero-order valence-corrected chi connectivity index (χ0v) is 35.0. The van der Waals surface area contributed by atoms with E-state index in [9.17, 15) is 0 Å². The molecule has 0 spiro atoms. The van der Waals surface area contributed by atoms with E-state index in [2.05, 4.69) is 226 Å². The van der Waals surface area contributed by atoms with Crippen LogP contribution in [0, 0.1) is 0 Å². The van der Waals surface area contributed by atoms with Crippen LogP contribution in [0.4, 0.5) is 0 Å². The third-order valence-corrected chi connectivity index (χ3v) is 13.1. The van der Waals surface area contributed by atoms with Crippen molar-refractivity contribution in [2.75, 3.05) is 0 Å². The van der Waals surface area contributed by atoms with Crippen molar-refractivity contribution in [2.24, 2.45) is 0 Å². The molecule has 1 aromatic heterocycles. The maximum Gasteiger partial charge on any atom is 0.164 e. The van der Waals surface area contributed by atoms with Crippen LogP contribution in [-0.4, -0.2) is 15.0 Å². The van der Waals surface area contributed by atoms with Gasteiger partial charge in [0.1, 0.15) is 0 Å². The van der Waals surface area contributed by atoms with Crippen LogP contribution in [0.15, 0.2) is 212 Å². The SMILES string of the molecule is CC1(C)c2ccccc2-c2cccc(-c3ccccc3-c3nc(-c4ccc(-c5c6ccccc6cc6c5ccc5ccccc56)cc4)nc(-c4ccccc4-c4ccccc4)n3)c21. The first-order chi connectivity index (χ1) is 31.0. The van der Waals surface area contributed by atoms with Crippen molar-refractivity contribution in [3.05, 3.63) is 223 Å². The second kappa shape index (κ2) is 14.6. The molecule has 3 heteroatoms. The van der Waals surface area contributed by atoms with Crippen molar-refractivity contribution in [1.29, 1.82) is 0 Å². The molecule has 12 rings (SSSR count). The number of fused-ring (bicyclic) bond motifs is 7. The van der Waals surface area contributed by atoms with E-state index in [-0.39, 0.29) is 5.41 Å². The fourth-order valence-electron chi connectivity index (χ4n) is 10.2. The Morgan fingerprint density at radius 3 is 1.57 bits per heavy atom. The minimum atomic E-state index is -0.191. The quantitative estimate of drug-likeness (QED) is 0.124. The van der Waals surface area contributed by atoms with Gasteiger partial charge >= 0.3 is 0 Å². The minimum Gasteiger partial charge on any atom is -0.208 e. The van der Waals surface area contributed by atoms with E-state index in [1.807, 2.05) is 0 Å². The first-order valence-electron chi connectivity index (χ1n) is 21.7. The van der Waals surface area contributed by atoms with Crippen LogP contribution in [-0.2, 0) is 5.41 Å². The van der Waals surface area contributed by atoms with Gasteiger partial charge in [-0.1, -0.05) is 220 Å². The lowest BCUT2D eigenvalue weighted by Crippen LogP contribution is -2.16. The van der Waals surface area contributed by atoms with Crippen molar-refractivity contribution >= 4 is 32.3 Å². The molecule has 0 saturated carbocycles. The van der Waals surface area contributed by atoms with Crippen LogP contribution in [0.5, 0.6) is 0 Å². The van der Waals surface area contributed by atoms with Crippen LogP contribution < -0.4 is 0 Å².